The third kappa shape index (κ3) is 1.87. The van der Waals surface area contributed by atoms with Crippen molar-refractivity contribution in [2.45, 2.75) is 0 Å². The fourth-order valence-electron chi connectivity index (χ4n) is 1.94. The van der Waals surface area contributed by atoms with E-state index in [-0.39, 0.29) is 22.3 Å². The summed E-state index contributed by atoms with van der Waals surface area (Å²) in [4.78, 5) is 10.2. The maximum absolute atomic E-state index is 13.2. The van der Waals surface area contributed by atoms with Crippen molar-refractivity contribution < 1.29 is 18.3 Å². The van der Waals surface area contributed by atoms with E-state index in [0.29, 0.717) is 5.56 Å². The van der Waals surface area contributed by atoms with Gasteiger partial charge in [0.15, 0.2) is 0 Å². The van der Waals surface area contributed by atoms with Gasteiger partial charge in [-0.2, -0.15) is 0 Å². The predicted molar refractivity (Wildman–Crippen MR) is 63.8 cm³/mol. The number of rotatable bonds is 2. The Hall–Kier alpha value is -2.90. The first-order valence-corrected chi connectivity index (χ1v) is 5.42. The average molecular weight is 277 g/mol. The van der Waals surface area contributed by atoms with Crippen molar-refractivity contribution in [2.24, 2.45) is 0 Å². The van der Waals surface area contributed by atoms with Crippen LogP contribution in [0.4, 0.5) is 14.5 Å². The zero-order valence-electron chi connectivity index (χ0n) is 9.71. The molecule has 1 heterocycles. The molecule has 2 aromatic carbocycles. The van der Waals surface area contributed by atoms with Gasteiger partial charge in [-0.15, -0.1) is 0 Å². The van der Waals surface area contributed by atoms with Crippen LogP contribution < -0.4 is 0 Å². The summed E-state index contributed by atoms with van der Waals surface area (Å²) in [5.74, 6) is -1.52. The molecule has 1 aromatic heterocycles. The van der Waals surface area contributed by atoms with Crippen molar-refractivity contribution in [2.75, 3.05) is 0 Å². The fraction of sp³-hybridized carbons (Fsp3) is 0. The SMILES string of the molecule is O=[N+]([O-])c1ccc(-c2cc(F)cc(F)c2)c2nonc12. The molecule has 0 saturated heterocycles. The molecule has 0 spiro atoms. The van der Waals surface area contributed by atoms with Gasteiger partial charge in [-0.05, 0) is 34.1 Å². The van der Waals surface area contributed by atoms with Crippen LogP contribution in [0.1, 0.15) is 0 Å². The Morgan fingerprint density at radius 3 is 2.35 bits per heavy atom. The van der Waals surface area contributed by atoms with Gasteiger partial charge in [0.05, 0.1) is 4.92 Å². The maximum Gasteiger partial charge on any atom is 0.300 e. The highest BCUT2D eigenvalue weighted by Gasteiger charge is 2.20. The van der Waals surface area contributed by atoms with Gasteiger partial charge in [0.2, 0.25) is 5.52 Å². The second-order valence-corrected chi connectivity index (χ2v) is 4.01. The first-order valence-electron chi connectivity index (χ1n) is 5.42. The average Bonchev–Trinajstić information content (AvgIpc) is 2.84. The van der Waals surface area contributed by atoms with E-state index in [4.69, 9.17) is 0 Å². The molecule has 6 nitrogen and oxygen atoms in total. The van der Waals surface area contributed by atoms with E-state index in [1.54, 1.807) is 0 Å². The number of non-ortho nitro benzene ring substituents is 1. The Balaban J connectivity index is 2.30. The molecule has 0 bridgehead atoms. The van der Waals surface area contributed by atoms with Crippen molar-refractivity contribution in [3.63, 3.8) is 0 Å². The zero-order chi connectivity index (χ0) is 14.3. The smallest absolute Gasteiger partial charge is 0.258 e. The van der Waals surface area contributed by atoms with Crippen molar-refractivity contribution in [3.05, 3.63) is 52.1 Å². The van der Waals surface area contributed by atoms with E-state index in [9.17, 15) is 18.9 Å². The third-order valence-electron chi connectivity index (χ3n) is 2.76. The van der Waals surface area contributed by atoms with E-state index >= 15 is 0 Å². The van der Waals surface area contributed by atoms with Crippen LogP contribution >= 0.6 is 0 Å². The number of hydrogen-bond donors (Lipinski definition) is 0. The largest absolute Gasteiger partial charge is 0.300 e. The number of halogens is 2. The lowest BCUT2D eigenvalue weighted by Gasteiger charge is -2.02. The highest BCUT2D eigenvalue weighted by Crippen LogP contribution is 2.32. The van der Waals surface area contributed by atoms with Crippen molar-refractivity contribution in [1.29, 1.82) is 0 Å². The molecule has 0 atom stereocenters. The molecule has 0 unspecified atom stereocenters. The molecule has 0 saturated carbocycles. The maximum atomic E-state index is 13.2. The minimum absolute atomic E-state index is 0.0721. The number of benzene rings is 2. The Morgan fingerprint density at radius 1 is 1.05 bits per heavy atom. The topological polar surface area (TPSA) is 82.1 Å². The molecule has 20 heavy (non-hydrogen) atoms. The highest BCUT2D eigenvalue weighted by atomic mass is 19.1. The number of nitrogens with zero attached hydrogens (tertiary/aromatic N) is 3. The highest BCUT2D eigenvalue weighted by molar-refractivity contribution is 5.96. The normalized spacial score (nSPS) is 10.9. The van der Waals surface area contributed by atoms with Crippen LogP contribution in [-0.2, 0) is 0 Å². The minimum Gasteiger partial charge on any atom is -0.258 e. The molecule has 100 valence electrons. The van der Waals surface area contributed by atoms with Gasteiger partial charge >= 0.3 is 5.69 Å². The van der Waals surface area contributed by atoms with E-state index < -0.39 is 16.6 Å². The number of hydrogen-bond acceptors (Lipinski definition) is 5. The number of aromatic nitrogens is 2. The molecule has 0 radical (unpaired) electrons. The predicted octanol–water partition coefficient (Wildman–Crippen LogP) is 3.08. The van der Waals surface area contributed by atoms with Crippen molar-refractivity contribution in [3.8, 4) is 11.1 Å². The van der Waals surface area contributed by atoms with E-state index in [0.717, 1.165) is 18.2 Å². The monoisotopic (exact) mass is 277 g/mol. The Labute approximate surface area is 109 Å². The molecule has 8 heteroatoms. The van der Waals surface area contributed by atoms with Crippen LogP contribution in [0.3, 0.4) is 0 Å². The van der Waals surface area contributed by atoms with Crippen LogP contribution in [0.5, 0.6) is 0 Å². The van der Waals surface area contributed by atoms with Crippen LogP contribution in [0.25, 0.3) is 22.2 Å². The van der Waals surface area contributed by atoms with Crippen LogP contribution in [0.2, 0.25) is 0 Å². The van der Waals surface area contributed by atoms with Gasteiger partial charge in [0.25, 0.3) is 0 Å². The summed E-state index contributed by atoms with van der Waals surface area (Å²) in [5.41, 5.74) is 0.201. The van der Waals surface area contributed by atoms with Crippen LogP contribution in [-0.4, -0.2) is 15.2 Å². The van der Waals surface area contributed by atoms with Gasteiger partial charge in [-0.25, -0.2) is 13.4 Å². The number of nitro groups is 1. The van der Waals surface area contributed by atoms with Gasteiger partial charge in [-0.3, -0.25) is 10.1 Å². The standard InChI is InChI=1S/C12H5F2N3O3/c13-7-3-6(4-8(14)5-7)9-1-2-10(17(18)19)12-11(9)15-20-16-12/h1-5H. The molecule has 0 N–H and O–H groups in total. The Morgan fingerprint density at radius 2 is 1.70 bits per heavy atom. The summed E-state index contributed by atoms with van der Waals surface area (Å²) in [6.45, 7) is 0. The lowest BCUT2D eigenvalue weighted by atomic mass is 10.0. The van der Waals surface area contributed by atoms with Crippen LogP contribution in [0, 0.1) is 21.7 Å². The lowest BCUT2D eigenvalue weighted by molar-refractivity contribution is -0.383. The molecule has 0 amide bonds. The Bertz CT molecular complexity index is 812. The molecule has 0 aliphatic heterocycles. The summed E-state index contributed by atoms with van der Waals surface area (Å²) in [6.07, 6.45) is 0. The second kappa shape index (κ2) is 4.34. The molecular weight excluding hydrogens is 272 g/mol. The first kappa shape index (κ1) is 12.2. The lowest BCUT2D eigenvalue weighted by Crippen LogP contribution is -1.91. The number of fused-ring (bicyclic) bond motifs is 1. The first-order chi connectivity index (χ1) is 9.56. The fourth-order valence-corrected chi connectivity index (χ4v) is 1.94. The summed E-state index contributed by atoms with van der Waals surface area (Å²) in [5, 5.41) is 17.9. The van der Waals surface area contributed by atoms with E-state index in [1.807, 2.05) is 0 Å². The second-order valence-electron chi connectivity index (χ2n) is 4.01. The van der Waals surface area contributed by atoms with Gasteiger partial charge in [0, 0.05) is 17.7 Å². The van der Waals surface area contributed by atoms with E-state index in [2.05, 4.69) is 14.9 Å². The van der Waals surface area contributed by atoms with Crippen molar-refractivity contribution >= 4 is 16.7 Å². The van der Waals surface area contributed by atoms with Gasteiger partial charge in [-0.1, -0.05) is 0 Å². The van der Waals surface area contributed by atoms with Crippen LogP contribution in [0.15, 0.2) is 35.0 Å². The molecule has 0 fully saturated rings. The Kier molecular flexibility index (Phi) is 2.63. The summed E-state index contributed by atoms with van der Waals surface area (Å²) in [7, 11) is 0. The summed E-state index contributed by atoms with van der Waals surface area (Å²) in [6, 6.07) is 5.45. The molecule has 3 rings (SSSR count). The summed E-state index contributed by atoms with van der Waals surface area (Å²) < 4.78 is 31.0. The minimum atomic E-state index is -0.761. The molecular formula is C12H5F2N3O3. The number of nitro benzene ring substituents is 1. The van der Waals surface area contributed by atoms with Crippen molar-refractivity contribution in [1.82, 2.24) is 10.3 Å². The van der Waals surface area contributed by atoms with E-state index in [1.165, 1.54) is 12.1 Å². The summed E-state index contributed by atoms with van der Waals surface area (Å²) >= 11 is 0. The molecule has 0 aliphatic rings. The molecule has 0 aliphatic carbocycles. The zero-order valence-corrected chi connectivity index (χ0v) is 9.71. The third-order valence-corrected chi connectivity index (χ3v) is 2.76. The quantitative estimate of drug-likeness (QED) is 0.531. The molecule has 3 aromatic rings. The van der Waals surface area contributed by atoms with Gasteiger partial charge < -0.3 is 0 Å². The van der Waals surface area contributed by atoms with Gasteiger partial charge in [0.1, 0.15) is 17.2 Å².